The lowest BCUT2D eigenvalue weighted by Crippen LogP contribution is -2.39. The number of hydrogen-bond donors (Lipinski definition) is 2. The van der Waals surface area contributed by atoms with Crippen molar-refractivity contribution >= 4 is 11.7 Å². The number of hydrogen-bond acceptors (Lipinski definition) is 3. The molecule has 1 heterocycles. The Morgan fingerprint density at radius 1 is 1.28 bits per heavy atom. The molecular formula is C14H16N2O2. The minimum Gasteiger partial charge on any atom is -0.385 e. The summed E-state index contributed by atoms with van der Waals surface area (Å²) < 4.78 is 0. The lowest BCUT2D eigenvalue weighted by atomic mass is 9.84. The number of carbonyl (C=O) groups is 2. The molecule has 1 aromatic rings. The van der Waals surface area contributed by atoms with Gasteiger partial charge in [-0.15, -0.1) is 0 Å². The van der Waals surface area contributed by atoms with Crippen molar-refractivity contribution in [3.8, 4) is 0 Å². The van der Waals surface area contributed by atoms with Crippen LogP contribution in [0.3, 0.4) is 0 Å². The van der Waals surface area contributed by atoms with E-state index >= 15 is 0 Å². The molecule has 0 fully saturated rings. The van der Waals surface area contributed by atoms with Crippen molar-refractivity contribution in [2.45, 2.75) is 19.8 Å². The molecule has 1 aromatic carbocycles. The zero-order valence-corrected chi connectivity index (χ0v) is 10.4. The van der Waals surface area contributed by atoms with Crippen LogP contribution in [0.4, 0.5) is 0 Å². The smallest absolute Gasteiger partial charge is 0.229 e. The number of allylic oxidation sites excluding steroid dienone is 1. The van der Waals surface area contributed by atoms with Gasteiger partial charge in [-0.05, 0) is 18.6 Å². The average molecular weight is 244 g/mol. The molecule has 94 valence electrons. The molecule has 1 aliphatic rings. The fourth-order valence-electron chi connectivity index (χ4n) is 2.12. The van der Waals surface area contributed by atoms with E-state index in [1.807, 2.05) is 25.1 Å². The quantitative estimate of drug-likeness (QED) is 0.775. The van der Waals surface area contributed by atoms with Gasteiger partial charge < -0.3 is 11.1 Å². The average Bonchev–Trinajstić information content (AvgIpc) is 2.34. The molecule has 0 aliphatic carbocycles. The first-order valence-electron chi connectivity index (χ1n) is 5.88. The molecule has 0 bridgehead atoms. The molecular weight excluding hydrogens is 228 g/mol. The van der Waals surface area contributed by atoms with Gasteiger partial charge in [0.15, 0.2) is 5.78 Å². The van der Waals surface area contributed by atoms with Crippen LogP contribution < -0.4 is 11.1 Å². The van der Waals surface area contributed by atoms with E-state index in [4.69, 9.17) is 5.73 Å². The van der Waals surface area contributed by atoms with Crippen molar-refractivity contribution in [2.24, 2.45) is 11.7 Å². The lowest BCUT2D eigenvalue weighted by molar-refractivity contribution is -0.124. The van der Waals surface area contributed by atoms with Gasteiger partial charge in [-0.1, -0.05) is 31.2 Å². The highest BCUT2D eigenvalue weighted by atomic mass is 16.2. The predicted molar refractivity (Wildman–Crippen MR) is 68.8 cm³/mol. The molecule has 2 unspecified atom stereocenters. The van der Waals surface area contributed by atoms with Gasteiger partial charge in [-0.25, -0.2) is 0 Å². The Bertz CT molecular complexity index is 517. The van der Waals surface area contributed by atoms with Crippen LogP contribution in [0, 0.1) is 5.92 Å². The Labute approximate surface area is 106 Å². The molecule has 0 saturated heterocycles. The zero-order chi connectivity index (χ0) is 13.3. The zero-order valence-electron chi connectivity index (χ0n) is 10.4. The van der Waals surface area contributed by atoms with Crippen LogP contribution in [0.2, 0.25) is 0 Å². The van der Waals surface area contributed by atoms with E-state index in [2.05, 4.69) is 5.32 Å². The molecule has 18 heavy (non-hydrogen) atoms. The molecule has 4 nitrogen and oxygen atoms in total. The number of nitrogens with one attached hydrogen (secondary N) is 1. The van der Waals surface area contributed by atoms with Crippen molar-refractivity contribution in [3.63, 3.8) is 0 Å². The Kier molecular flexibility index (Phi) is 3.19. The molecule has 1 amide bonds. The van der Waals surface area contributed by atoms with Crippen molar-refractivity contribution in [1.82, 2.24) is 5.32 Å². The summed E-state index contributed by atoms with van der Waals surface area (Å²) in [5, 5.41) is 2.60. The van der Waals surface area contributed by atoms with Crippen LogP contribution >= 0.6 is 0 Å². The van der Waals surface area contributed by atoms with E-state index < -0.39 is 0 Å². The summed E-state index contributed by atoms with van der Waals surface area (Å²) in [5.74, 6) is 0.140. The van der Waals surface area contributed by atoms with Crippen molar-refractivity contribution in [3.05, 3.63) is 47.3 Å². The summed E-state index contributed by atoms with van der Waals surface area (Å²) in [4.78, 5) is 22.9. The van der Waals surface area contributed by atoms with E-state index in [0.29, 0.717) is 11.4 Å². The highest BCUT2D eigenvalue weighted by molar-refractivity contribution is 5.94. The summed E-state index contributed by atoms with van der Waals surface area (Å²) in [6.45, 7) is 3.39. The summed E-state index contributed by atoms with van der Waals surface area (Å²) in [6.07, 6.45) is 1.84. The summed E-state index contributed by atoms with van der Waals surface area (Å²) in [7, 11) is 0. The van der Waals surface area contributed by atoms with Gasteiger partial charge in [0.25, 0.3) is 0 Å². The molecule has 0 saturated carbocycles. The van der Waals surface area contributed by atoms with Gasteiger partial charge in [-0.3, -0.25) is 9.59 Å². The first kappa shape index (κ1) is 12.4. The molecule has 3 N–H and O–H groups in total. The van der Waals surface area contributed by atoms with E-state index in [9.17, 15) is 9.59 Å². The van der Waals surface area contributed by atoms with Crippen LogP contribution in [0.15, 0.2) is 36.2 Å². The number of rotatable bonds is 2. The van der Waals surface area contributed by atoms with E-state index in [-0.39, 0.29) is 23.5 Å². The van der Waals surface area contributed by atoms with E-state index in [1.54, 1.807) is 12.1 Å². The van der Waals surface area contributed by atoms with Crippen molar-refractivity contribution < 1.29 is 9.59 Å². The molecule has 0 radical (unpaired) electrons. The van der Waals surface area contributed by atoms with Crippen molar-refractivity contribution in [2.75, 3.05) is 0 Å². The van der Waals surface area contributed by atoms with Gasteiger partial charge in [0, 0.05) is 17.4 Å². The third-order valence-electron chi connectivity index (χ3n) is 3.28. The molecule has 0 aromatic heterocycles. The number of carbonyl (C=O) groups excluding carboxylic acids is 2. The fourth-order valence-corrected chi connectivity index (χ4v) is 2.12. The summed E-state index contributed by atoms with van der Waals surface area (Å²) >= 11 is 0. The third kappa shape index (κ3) is 2.27. The summed E-state index contributed by atoms with van der Waals surface area (Å²) in [5.41, 5.74) is 7.33. The van der Waals surface area contributed by atoms with Crippen LogP contribution in [-0.2, 0) is 4.79 Å². The third-order valence-corrected chi connectivity index (χ3v) is 3.28. The number of ketones is 1. The minimum absolute atomic E-state index is 0.0334. The molecule has 2 rings (SSSR count). The maximum atomic E-state index is 11.7. The Morgan fingerprint density at radius 2 is 1.89 bits per heavy atom. The highest BCUT2D eigenvalue weighted by Crippen LogP contribution is 2.29. The van der Waals surface area contributed by atoms with E-state index in [0.717, 1.165) is 5.56 Å². The van der Waals surface area contributed by atoms with Gasteiger partial charge in [0.2, 0.25) is 5.91 Å². The lowest BCUT2D eigenvalue weighted by Gasteiger charge is -2.26. The second-order valence-electron chi connectivity index (χ2n) is 4.60. The monoisotopic (exact) mass is 244 g/mol. The largest absolute Gasteiger partial charge is 0.385 e. The molecule has 2 atom stereocenters. The maximum Gasteiger partial charge on any atom is 0.229 e. The Morgan fingerprint density at radius 3 is 2.44 bits per heavy atom. The predicted octanol–water partition coefficient (Wildman–Crippen LogP) is 1.54. The van der Waals surface area contributed by atoms with Gasteiger partial charge in [0.05, 0.1) is 5.82 Å². The molecule has 1 aliphatic heterocycles. The second-order valence-corrected chi connectivity index (χ2v) is 4.60. The number of benzene rings is 1. The van der Waals surface area contributed by atoms with Crippen LogP contribution in [0.5, 0.6) is 0 Å². The standard InChI is InChI=1S/C14H16N2O2/c1-8-12(7-13(15)16-14(8)18)11-5-3-10(4-6-11)9(2)17/h3-8,12H,15H2,1-2H3,(H,16,18). The number of amides is 1. The van der Waals surface area contributed by atoms with Crippen LogP contribution in [-0.4, -0.2) is 11.7 Å². The topological polar surface area (TPSA) is 72.2 Å². The van der Waals surface area contributed by atoms with Gasteiger partial charge >= 0.3 is 0 Å². The van der Waals surface area contributed by atoms with Crippen molar-refractivity contribution in [1.29, 1.82) is 0 Å². The van der Waals surface area contributed by atoms with Crippen LogP contribution in [0.25, 0.3) is 0 Å². The second kappa shape index (κ2) is 4.64. The molecule has 4 heteroatoms. The first-order valence-corrected chi connectivity index (χ1v) is 5.88. The van der Waals surface area contributed by atoms with Gasteiger partial charge in [0.1, 0.15) is 0 Å². The van der Waals surface area contributed by atoms with Crippen LogP contribution in [0.1, 0.15) is 35.7 Å². The summed E-state index contributed by atoms with van der Waals surface area (Å²) in [6, 6.07) is 7.31. The normalized spacial score (nSPS) is 23.2. The Hall–Kier alpha value is -2.10. The number of nitrogens with two attached hydrogens (primary N) is 1. The maximum absolute atomic E-state index is 11.7. The first-order chi connectivity index (χ1) is 8.49. The van der Waals surface area contributed by atoms with E-state index in [1.165, 1.54) is 6.92 Å². The SMILES string of the molecule is CC(=O)c1ccc(C2C=C(N)NC(=O)C2C)cc1. The Balaban J connectivity index is 2.33. The highest BCUT2D eigenvalue weighted by Gasteiger charge is 2.28. The minimum atomic E-state index is -0.166. The van der Waals surface area contributed by atoms with Gasteiger partial charge in [-0.2, -0.15) is 0 Å². The molecule has 0 spiro atoms. The fraction of sp³-hybridized carbons (Fsp3) is 0.286. The number of Topliss-reactive ketones (excluding diaryl/α,β-unsaturated/α-hetero) is 1.